The van der Waals surface area contributed by atoms with Gasteiger partial charge in [-0.1, -0.05) is 11.6 Å². The summed E-state index contributed by atoms with van der Waals surface area (Å²) in [5.74, 6) is 1.11. The van der Waals surface area contributed by atoms with Crippen molar-refractivity contribution in [3.05, 3.63) is 28.8 Å². The zero-order valence-electron chi connectivity index (χ0n) is 16.1. The van der Waals surface area contributed by atoms with E-state index in [1.54, 1.807) is 32.0 Å². The molecule has 0 aromatic heterocycles. The molecular formula is C21H28ClNO3S. The number of rotatable bonds is 4. The number of carbonyl (C=O) groups is 1. The molecule has 27 heavy (non-hydrogen) atoms. The molecule has 2 N–H and O–H groups in total. The minimum Gasteiger partial charge on any atom is -0.611 e. The van der Waals surface area contributed by atoms with Crippen molar-refractivity contribution < 1.29 is 14.5 Å². The molecule has 4 aliphatic rings. The Kier molecular flexibility index (Phi) is 4.82. The van der Waals surface area contributed by atoms with Gasteiger partial charge in [0.05, 0.1) is 5.60 Å². The van der Waals surface area contributed by atoms with Gasteiger partial charge in [-0.3, -0.25) is 4.79 Å². The van der Waals surface area contributed by atoms with Gasteiger partial charge in [-0.25, -0.2) is 0 Å². The first kappa shape index (κ1) is 19.6. The summed E-state index contributed by atoms with van der Waals surface area (Å²) in [4.78, 5) is 13.8. The van der Waals surface area contributed by atoms with Crippen LogP contribution in [0.2, 0.25) is 5.02 Å². The SMILES string of the molecule is Cc1cc(Cl)ccc1[S+]([O-])C(C)(C)C(=O)N[C@H]1[C@@H]2CC3C[C@H]1C[C@](O)(C3)C2. The third-order valence-corrected chi connectivity index (χ3v) is 9.09. The highest BCUT2D eigenvalue weighted by atomic mass is 35.5. The van der Waals surface area contributed by atoms with Crippen molar-refractivity contribution in [3.8, 4) is 0 Å². The Morgan fingerprint density at radius 2 is 1.93 bits per heavy atom. The monoisotopic (exact) mass is 409 g/mol. The van der Waals surface area contributed by atoms with Crippen molar-refractivity contribution >= 4 is 28.7 Å². The number of hydrogen-bond donors (Lipinski definition) is 2. The third-order valence-electron chi connectivity index (χ3n) is 6.89. The molecule has 5 rings (SSSR count). The van der Waals surface area contributed by atoms with E-state index in [0.717, 1.165) is 37.7 Å². The first-order valence-electron chi connectivity index (χ1n) is 9.80. The molecule has 0 saturated heterocycles. The van der Waals surface area contributed by atoms with Crippen LogP contribution < -0.4 is 5.32 Å². The molecule has 6 heteroatoms. The van der Waals surface area contributed by atoms with Crippen molar-refractivity contribution in [2.75, 3.05) is 0 Å². The Morgan fingerprint density at radius 3 is 2.48 bits per heavy atom. The Labute approximate surface area is 169 Å². The predicted molar refractivity (Wildman–Crippen MR) is 107 cm³/mol. The van der Waals surface area contributed by atoms with Gasteiger partial charge in [-0.2, -0.15) is 0 Å². The lowest BCUT2D eigenvalue weighted by molar-refractivity contribution is -0.147. The fourth-order valence-corrected chi connectivity index (χ4v) is 7.27. The van der Waals surface area contributed by atoms with Crippen molar-refractivity contribution in [2.24, 2.45) is 17.8 Å². The number of aryl methyl sites for hydroxylation is 1. The largest absolute Gasteiger partial charge is 0.611 e. The second-order valence-corrected chi connectivity index (χ2v) is 11.8. The molecule has 4 bridgehead atoms. The molecule has 4 fully saturated rings. The van der Waals surface area contributed by atoms with Crippen molar-refractivity contribution in [1.82, 2.24) is 5.32 Å². The van der Waals surface area contributed by atoms with Gasteiger partial charge in [0, 0.05) is 27.8 Å². The quantitative estimate of drug-likeness (QED) is 0.746. The molecular weight excluding hydrogens is 382 g/mol. The number of halogens is 1. The van der Waals surface area contributed by atoms with E-state index in [1.807, 2.05) is 6.92 Å². The van der Waals surface area contributed by atoms with Gasteiger partial charge in [0.2, 0.25) is 4.75 Å². The van der Waals surface area contributed by atoms with Gasteiger partial charge >= 0.3 is 0 Å². The Bertz CT molecular complexity index is 752. The summed E-state index contributed by atoms with van der Waals surface area (Å²) < 4.78 is 12.2. The van der Waals surface area contributed by atoms with Crippen LogP contribution in [0.5, 0.6) is 0 Å². The normalized spacial score (nSPS) is 35.9. The average Bonchev–Trinajstić information content (AvgIpc) is 2.55. The summed E-state index contributed by atoms with van der Waals surface area (Å²) in [6.45, 7) is 5.36. The van der Waals surface area contributed by atoms with Gasteiger partial charge < -0.3 is 15.0 Å². The van der Waals surface area contributed by atoms with Crippen molar-refractivity contribution in [3.63, 3.8) is 0 Å². The first-order chi connectivity index (χ1) is 12.6. The second-order valence-electron chi connectivity index (χ2n) is 9.38. The highest BCUT2D eigenvalue weighted by Gasteiger charge is 2.56. The summed E-state index contributed by atoms with van der Waals surface area (Å²) in [5, 5.41) is 14.6. The van der Waals surface area contributed by atoms with Crippen LogP contribution in [0.15, 0.2) is 23.1 Å². The van der Waals surface area contributed by atoms with Gasteiger partial charge in [0.25, 0.3) is 5.91 Å². The van der Waals surface area contributed by atoms with E-state index in [4.69, 9.17) is 11.6 Å². The molecule has 0 heterocycles. The van der Waals surface area contributed by atoms with Crippen LogP contribution in [-0.4, -0.2) is 32.0 Å². The van der Waals surface area contributed by atoms with E-state index < -0.39 is 21.5 Å². The topological polar surface area (TPSA) is 72.4 Å². The second kappa shape index (κ2) is 6.65. The number of benzene rings is 1. The van der Waals surface area contributed by atoms with Gasteiger partial charge in [0.1, 0.15) is 0 Å². The average molecular weight is 410 g/mol. The van der Waals surface area contributed by atoms with Crippen LogP contribution in [-0.2, 0) is 16.0 Å². The van der Waals surface area contributed by atoms with E-state index in [0.29, 0.717) is 27.7 Å². The van der Waals surface area contributed by atoms with E-state index in [1.165, 1.54) is 0 Å². The lowest BCUT2D eigenvalue weighted by Crippen LogP contribution is -2.63. The summed E-state index contributed by atoms with van der Waals surface area (Å²) in [7, 11) is 0. The fourth-order valence-electron chi connectivity index (χ4n) is 5.72. The number of nitrogens with one attached hydrogen (secondary N) is 1. The summed E-state index contributed by atoms with van der Waals surface area (Å²) in [5.41, 5.74) is 0.315. The molecule has 0 radical (unpaired) electrons. The molecule has 0 aliphatic heterocycles. The van der Waals surface area contributed by atoms with Gasteiger partial charge in [0.15, 0.2) is 4.90 Å². The molecule has 4 aliphatic carbocycles. The minimum atomic E-state index is -1.48. The molecule has 4 saturated carbocycles. The van der Waals surface area contributed by atoms with Crippen LogP contribution in [0, 0.1) is 24.7 Å². The van der Waals surface area contributed by atoms with Crippen LogP contribution >= 0.6 is 11.6 Å². The van der Waals surface area contributed by atoms with Gasteiger partial charge in [-0.15, -0.1) is 0 Å². The highest BCUT2D eigenvalue weighted by molar-refractivity contribution is 7.93. The smallest absolute Gasteiger partial charge is 0.276 e. The summed E-state index contributed by atoms with van der Waals surface area (Å²) in [6, 6.07) is 5.34. The number of amides is 1. The Hall–Kier alpha value is -0.750. The predicted octanol–water partition coefficient (Wildman–Crippen LogP) is 3.59. The Balaban J connectivity index is 1.50. The molecule has 4 nitrogen and oxygen atoms in total. The first-order valence-corrected chi connectivity index (χ1v) is 11.3. The zero-order chi connectivity index (χ0) is 19.6. The Morgan fingerprint density at radius 1 is 1.30 bits per heavy atom. The molecule has 148 valence electrons. The number of carbonyl (C=O) groups excluding carboxylic acids is 1. The van der Waals surface area contributed by atoms with E-state index in [2.05, 4.69) is 5.32 Å². The van der Waals surface area contributed by atoms with Crippen LogP contribution in [0.4, 0.5) is 0 Å². The lowest BCUT2D eigenvalue weighted by atomic mass is 9.52. The van der Waals surface area contributed by atoms with E-state index in [-0.39, 0.29) is 11.9 Å². The minimum absolute atomic E-state index is 0.0944. The highest BCUT2D eigenvalue weighted by Crippen LogP contribution is 2.55. The maximum absolute atomic E-state index is 13.2. The summed E-state index contributed by atoms with van der Waals surface area (Å²) >= 11 is 4.53. The zero-order valence-corrected chi connectivity index (χ0v) is 17.7. The third kappa shape index (κ3) is 3.41. The fraction of sp³-hybridized carbons (Fsp3) is 0.667. The lowest BCUT2D eigenvalue weighted by Gasteiger charge is -2.58. The van der Waals surface area contributed by atoms with Gasteiger partial charge in [-0.05, 0) is 88.8 Å². The molecule has 1 amide bonds. The van der Waals surface area contributed by atoms with Crippen LogP contribution in [0.3, 0.4) is 0 Å². The van der Waals surface area contributed by atoms with Crippen molar-refractivity contribution in [1.29, 1.82) is 0 Å². The van der Waals surface area contributed by atoms with E-state index in [9.17, 15) is 14.5 Å². The maximum Gasteiger partial charge on any atom is 0.276 e. The molecule has 6 atom stereocenters. The number of hydrogen-bond acceptors (Lipinski definition) is 3. The molecule has 2 unspecified atom stereocenters. The standard InChI is InChI=1S/C21H28ClNO3S/c1-12-6-16(22)4-5-17(12)27(26)20(2,3)19(24)23-18-14-7-13-8-15(18)11-21(25,9-13)10-14/h4-6,13-15,18,25H,7-11H2,1-3H3,(H,23,24)/t13?,14-,15+,18+,21+,27?. The number of aliphatic hydroxyl groups is 1. The van der Waals surface area contributed by atoms with Crippen LogP contribution in [0.1, 0.15) is 51.5 Å². The van der Waals surface area contributed by atoms with Crippen molar-refractivity contribution in [2.45, 2.75) is 74.2 Å². The molecule has 1 aromatic rings. The maximum atomic E-state index is 13.2. The molecule has 1 aromatic carbocycles. The summed E-state index contributed by atoms with van der Waals surface area (Å²) in [6.07, 6.45) is 4.66. The molecule has 0 spiro atoms. The van der Waals surface area contributed by atoms with Crippen LogP contribution in [0.25, 0.3) is 0 Å². The van der Waals surface area contributed by atoms with E-state index >= 15 is 0 Å².